The molecule has 2 rings (SSSR count). The maximum absolute atomic E-state index is 11.6. The number of ether oxygens (including phenoxy) is 1. The van der Waals surface area contributed by atoms with E-state index in [0.717, 1.165) is 0 Å². The van der Waals surface area contributed by atoms with Crippen molar-refractivity contribution in [3.8, 4) is 0 Å². The van der Waals surface area contributed by atoms with Crippen molar-refractivity contribution >= 4 is 11.9 Å². The molecule has 0 radical (unpaired) electrons. The minimum Gasteiger partial charge on any atom is -0.479 e. The van der Waals surface area contributed by atoms with E-state index in [0.29, 0.717) is 5.69 Å². The highest BCUT2D eigenvalue weighted by Crippen LogP contribution is 2.28. The van der Waals surface area contributed by atoms with Gasteiger partial charge in [0.1, 0.15) is 12.6 Å². The van der Waals surface area contributed by atoms with Crippen LogP contribution in [0, 0.1) is 0 Å². The molecule has 0 bridgehead atoms. The van der Waals surface area contributed by atoms with Gasteiger partial charge < -0.3 is 14.7 Å². The largest absolute Gasteiger partial charge is 0.479 e. The molecule has 1 fully saturated rings. The van der Waals surface area contributed by atoms with Gasteiger partial charge >= 0.3 is 5.97 Å². The van der Waals surface area contributed by atoms with Crippen molar-refractivity contribution in [3.63, 3.8) is 0 Å². The first-order valence-corrected chi connectivity index (χ1v) is 5.10. The van der Waals surface area contributed by atoms with Crippen LogP contribution in [-0.4, -0.2) is 51.4 Å². The second-order valence-corrected chi connectivity index (χ2v) is 3.90. The van der Waals surface area contributed by atoms with Gasteiger partial charge in [0, 0.05) is 20.3 Å². The number of nitrogens with zero attached hydrogens (tertiary/aromatic N) is 3. The summed E-state index contributed by atoms with van der Waals surface area (Å²) in [5, 5.41) is 13.1. The number of carbonyl (C=O) groups excluding carboxylic acids is 1. The summed E-state index contributed by atoms with van der Waals surface area (Å²) in [7, 11) is 3.26. The number of likely N-dealkylation sites (N-methyl/N-ethyl adjacent to an activating group) is 1. The molecule has 0 aliphatic carbocycles. The second-order valence-electron chi connectivity index (χ2n) is 3.90. The molecule has 17 heavy (non-hydrogen) atoms. The van der Waals surface area contributed by atoms with Gasteiger partial charge in [-0.05, 0) is 6.07 Å². The first-order chi connectivity index (χ1) is 8.02. The fraction of sp³-hybridized carbons (Fsp3) is 0.500. The van der Waals surface area contributed by atoms with E-state index in [4.69, 9.17) is 9.84 Å². The molecule has 92 valence electrons. The Morgan fingerprint density at radius 2 is 2.29 bits per heavy atom. The zero-order valence-corrected chi connectivity index (χ0v) is 9.53. The summed E-state index contributed by atoms with van der Waals surface area (Å²) in [4.78, 5) is 24.1. The van der Waals surface area contributed by atoms with Gasteiger partial charge in [0.25, 0.3) is 0 Å². The molecular weight excluding hydrogens is 226 g/mol. The molecule has 7 nitrogen and oxygen atoms in total. The van der Waals surface area contributed by atoms with E-state index >= 15 is 0 Å². The van der Waals surface area contributed by atoms with Crippen LogP contribution in [0.15, 0.2) is 12.3 Å². The monoisotopic (exact) mass is 239 g/mol. The number of carboxylic acid groups (broad SMARTS) is 1. The molecule has 2 heterocycles. The summed E-state index contributed by atoms with van der Waals surface area (Å²) in [6.45, 7) is -0.207. The summed E-state index contributed by atoms with van der Waals surface area (Å²) in [6.07, 6.45) is 0.495. The van der Waals surface area contributed by atoms with Crippen LogP contribution >= 0.6 is 0 Å². The van der Waals surface area contributed by atoms with Gasteiger partial charge in [-0.15, -0.1) is 0 Å². The van der Waals surface area contributed by atoms with Crippen molar-refractivity contribution in [2.45, 2.75) is 12.1 Å². The first kappa shape index (κ1) is 11.6. The van der Waals surface area contributed by atoms with Crippen LogP contribution < -0.4 is 0 Å². The zero-order valence-electron chi connectivity index (χ0n) is 9.53. The Labute approximate surface area is 97.6 Å². The van der Waals surface area contributed by atoms with E-state index in [9.17, 15) is 9.59 Å². The predicted octanol–water partition coefficient (Wildman–Crippen LogP) is -0.597. The van der Waals surface area contributed by atoms with Crippen LogP contribution in [0.25, 0.3) is 0 Å². The minimum atomic E-state index is -1.09. The molecule has 1 N–H and O–H groups in total. The Balaban J connectivity index is 2.40. The van der Waals surface area contributed by atoms with E-state index in [1.54, 1.807) is 31.0 Å². The number of morpholine rings is 1. The number of aryl methyl sites for hydroxylation is 1. The molecule has 1 amide bonds. The lowest BCUT2D eigenvalue weighted by Crippen LogP contribution is -2.50. The van der Waals surface area contributed by atoms with Gasteiger partial charge in [-0.25, -0.2) is 4.79 Å². The van der Waals surface area contributed by atoms with Crippen molar-refractivity contribution in [1.82, 2.24) is 14.7 Å². The second kappa shape index (κ2) is 4.17. The number of hydrogen-bond donors (Lipinski definition) is 1. The summed E-state index contributed by atoms with van der Waals surface area (Å²) in [5.74, 6) is -1.33. The topological polar surface area (TPSA) is 84.7 Å². The average Bonchev–Trinajstić information content (AvgIpc) is 2.68. The van der Waals surface area contributed by atoms with Crippen LogP contribution in [0.3, 0.4) is 0 Å². The van der Waals surface area contributed by atoms with Crippen LogP contribution in [0.1, 0.15) is 11.7 Å². The maximum Gasteiger partial charge on any atom is 0.335 e. The summed E-state index contributed by atoms with van der Waals surface area (Å²) in [5.41, 5.74) is 0.632. The number of aliphatic carboxylic acids is 1. The van der Waals surface area contributed by atoms with E-state index in [1.165, 1.54) is 4.90 Å². The number of hydrogen-bond acceptors (Lipinski definition) is 4. The first-order valence-electron chi connectivity index (χ1n) is 5.10. The quantitative estimate of drug-likeness (QED) is 0.745. The van der Waals surface area contributed by atoms with Gasteiger partial charge in [0.15, 0.2) is 6.10 Å². The fourth-order valence-electron chi connectivity index (χ4n) is 1.95. The highest BCUT2D eigenvalue weighted by atomic mass is 16.5. The van der Waals surface area contributed by atoms with Crippen molar-refractivity contribution in [1.29, 1.82) is 0 Å². The highest BCUT2D eigenvalue weighted by Gasteiger charge is 2.41. The van der Waals surface area contributed by atoms with Crippen molar-refractivity contribution in [3.05, 3.63) is 18.0 Å². The molecular formula is C10H13N3O4. The van der Waals surface area contributed by atoms with E-state index < -0.39 is 18.1 Å². The van der Waals surface area contributed by atoms with Crippen LogP contribution in [0.4, 0.5) is 0 Å². The molecule has 1 saturated heterocycles. The zero-order chi connectivity index (χ0) is 12.6. The number of aromatic nitrogens is 2. The molecule has 1 aliphatic rings. The third-order valence-corrected chi connectivity index (χ3v) is 2.89. The van der Waals surface area contributed by atoms with Gasteiger partial charge in [-0.2, -0.15) is 5.10 Å². The van der Waals surface area contributed by atoms with Crippen LogP contribution in [-0.2, 0) is 21.4 Å². The van der Waals surface area contributed by atoms with Crippen LogP contribution in [0.2, 0.25) is 0 Å². The standard InChI is InChI=1S/C10H13N3O4/c1-12-7(14)5-17-9(10(15)16)8(12)6-3-4-11-13(6)2/h3-4,8-9H,5H2,1-2H3,(H,15,16). The van der Waals surface area contributed by atoms with Gasteiger partial charge in [0.05, 0.1) is 5.69 Å². The third kappa shape index (κ3) is 1.89. The summed E-state index contributed by atoms with van der Waals surface area (Å²) < 4.78 is 6.62. The van der Waals surface area contributed by atoms with Crippen LogP contribution in [0.5, 0.6) is 0 Å². The molecule has 2 atom stereocenters. The molecule has 0 saturated carbocycles. The molecule has 7 heteroatoms. The van der Waals surface area contributed by atoms with Gasteiger partial charge in [-0.1, -0.05) is 0 Å². The Morgan fingerprint density at radius 3 is 2.82 bits per heavy atom. The highest BCUT2D eigenvalue weighted by molar-refractivity contribution is 5.82. The Morgan fingerprint density at radius 1 is 1.59 bits per heavy atom. The Kier molecular flexibility index (Phi) is 2.84. The summed E-state index contributed by atoms with van der Waals surface area (Å²) >= 11 is 0. The van der Waals surface area contributed by atoms with E-state index in [2.05, 4.69) is 5.10 Å². The Hall–Kier alpha value is -1.89. The van der Waals surface area contributed by atoms with E-state index in [-0.39, 0.29) is 12.5 Å². The van der Waals surface area contributed by atoms with Crippen molar-refractivity contribution in [2.24, 2.45) is 7.05 Å². The normalized spacial score (nSPS) is 25.1. The summed E-state index contributed by atoms with van der Waals surface area (Å²) in [6, 6.07) is 1.03. The third-order valence-electron chi connectivity index (χ3n) is 2.89. The fourth-order valence-corrected chi connectivity index (χ4v) is 1.95. The minimum absolute atomic E-state index is 0.207. The molecule has 2 unspecified atom stereocenters. The molecule has 1 aromatic rings. The lowest BCUT2D eigenvalue weighted by atomic mass is 10.0. The maximum atomic E-state index is 11.6. The lowest BCUT2D eigenvalue weighted by Gasteiger charge is -2.36. The smallest absolute Gasteiger partial charge is 0.335 e. The average molecular weight is 239 g/mol. The Bertz CT molecular complexity index is 456. The molecule has 0 aromatic carbocycles. The number of amides is 1. The lowest BCUT2D eigenvalue weighted by molar-refractivity contribution is -0.171. The predicted molar refractivity (Wildman–Crippen MR) is 56.1 cm³/mol. The van der Waals surface area contributed by atoms with Crippen molar-refractivity contribution in [2.75, 3.05) is 13.7 Å². The molecule has 0 spiro atoms. The number of rotatable bonds is 2. The molecule has 1 aromatic heterocycles. The number of carbonyl (C=O) groups is 2. The van der Waals surface area contributed by atoms with E-state index in [1.807, 2.05) is 0 Å². The molecule has 1 aliphatic heterocycles. The van der Waals surface area contributed by atoms with Gasteiger partial charge in [0.2, 0.25) is 5.91 Å². The van der Waals surface area contributed by atoms with Gasteiger partial charge in [-0.3, -0.25) is 9.48 Å². The van der Waals surface area contributed by atoms with Crippen molar-refractivity contribution < 1.29 is 19.4 Å². The SMILES string of the molecule is CN1C(=O)COC(C(=O)O)C1c1ccnn1C. The number of carboxylic acids is 1.